The first-order valence-corrected chi connectivity index (χ1v) is 16.8. The SMILES string of the molecule is c1ccc(-c2cc(-n3c4ccccc4c4cccc(-c5ccc6c7cccnc7n(-c7ccccc7)c6c5)c43)nc(-c3ccccc3)n2)cc1. The van der Waals surface area contributed by atoms with E-state index in [2.05, 4.69) is 149 Å². The Kier molecular flexibility index (Phi) is 6.42. The van der Waals surface area contributed by atoms with E-state index in [1.165, 1.54) is 16.2 Å². The molecular weight excluding hydrogens is 611 g/mol. The lowest BCUT2D eigenvalue weighted by molar-refractivity contribution is 1.05. The number of aromatic nitrogens is 5. The molecule has 4 heterocycles. The molecule has 0 saturated heterocycles. The van der Waals surface area contributed by atoms with Crippen LogP contribution in [-0.2, 0) is 0 Å². The molecule has 0 aliphatic carbocycles. The summed E-state index contributed by atoms with van der Waals surface area (Å²) < 4.78 is 4.59. The number of hydrogen-bond donors (Lipinski definition) is 0. The highest BCUT2D eigenvalue weighted by Gasteiger charge is 2.20. The fraction of sp³-hybridized carbons (Fsp3) is 0. The number of benzene rings is 6. The molecule has 0 aliphatic heterocycles. The zero-order valence-electron chi connectivity index (χ0n) is 27.0. The Bertz CT molecular complexity index is 2800. The second-order valence-electron chi connectivity index (χ2n) is 12.5. The van der Waals surface area contributed by atoms with Crippen LogP contribution >= 0.6 is 0 Å². The summed E-state index contributed by atoms with van der Waals surface area (Å²) in [5, 5.41) is 4.65. The van der Waals surface area contributed by atoms with E-state index in [9.17, 15) is 0 Å². The van der Waals surface area contributed by atoms with Gasteiger partial charge in [-0.15, -0.1) is 0 Å². The van der Waals surface area contributed by atoms with Crippen molar-refractivity contribution in [1.82, 2.24) is 24.1 Å². The Balaban J connectivity index is 1.28. The Morgan fingerprint density at radius 3 is 1.92 bits per heavy atom. The summed E-state index contributed by atoms with van der Waals surface area (Å²) in [6, 6.07) is 59.4. The average molecular weight is 640 g/mol. The lowest BCUT2D eigenvalue weighted by Gasteiger charge is -2.14. The van der Waals surface area contributed by atoms with Crippen molar-refractivity contribution in [1.29, 1.82) is 0 Å². The average Bonchev–Trinajstić information content (AvgIpc) is 3.71. The van der Waals surface area contributed by atoms with Crippen LogP contribution in [-0.4, -0.2) is 24.1 Å². The van der Waals surface area contributed by atoms with Crippen molar-refractivity contribution >= 4 is 43.7 Å². The number of rotatable bonds is 5. The van der Waals surface area contributed by atoms with Crippen LogP contribution in [0.1, 0.15) is 0 Å². The standard InChI is InChI=1S/C45H29N5/c1-4-14-30(15-5-1)39-29-42(48-44(47-39)31-16-6-2-7-17-31)50-40-24-11-10-20-35(40)37-22-12-21-34(43(37)50)32-25-26-36-38-23-13-27-46-45(38)49(41(36)28-32)33-18-8-3-9-19-33/h1-29H. The molecule has 0 spiro atoms. The number of nitrogens with zero attached hydrogens (tertiary/aromatic N) is 5. The third-order valence-corrected chi connectivity index (χ3v) is 9.59. The lowest BCUT2D eigenvalue weighted by Crippen LogP contribution is -2.03. The molecule has 0 bridgehead atoms. The topological polar surface area (TPSA) is 48.5 Å². The van der Waals surface area contributed by atoms with Gasteiger partial charge in [0, 0.05) is 56.2 Å². The van der Waals surface area contributed by atoms with Crippen molar-refractivity contribution in [3.05, 3.63) is 176 Å². The first-order chi connectivity index (χ1) is 24.8. The Hall–Kier alpha value is -6.85. The minimum Gasteiger partial charge on any atom is -0.294 e. The Morgan fingerprint density at radius 1 is 0.420 bits per heavy atom. The minimum atomic E-state index is 0.687. The Labute approximate surface area is 288 Å². The first-order valence-electron chi connectivity index (χ1n) is 16.8. The van der Waals surface area contributed by atoms with E-state index in [4.69, 9.17) is 15.0 Å². The first kappa shape index (κ1) is 28.2. The molecule has 0 unspecified atom stereocenters. The molecule has 234 valence electrons. The molecule has 0 atom stereocenters. The van der Waals surface area contributed by atoms with E-state index in [1.807, 2.05) is 36.5 Å². The highest BCUT2D eigenvalue weighted by Crippen LogP contribution is 2.40. The maximum absolute atomic E-state index is 5.28. The predicted octanol–water partition coefficient (Wildman–Crippen LogP) is 11.1. The maximum Gasteiger partial charge on any atom is 0.162 e. The molecule has 10 aromatic rings. The van der Waals surface area contributed by atoms with Gasteiger partial charge in [0.05, 0.1) is 22.2 Å². The molecule has 6 aromatic carbocycles. The zero-order chi connectivity index (χ0) is 33.0. The number of hydrogen-bond acceptors (Lipinski definition) is 3. The second kappa shape index (κ2) is 11.4. The van der Waals surface area contributed by atoms with Gasteiger partial charge in [0.2, 0.25) is 0 Å². The van der Waals surface area contributed by atoms with Crippen molar-refractivity contribution < 1.29 is 0 Å². The summed E-state index contributed by atoms with van der Waals surface area (Å²) >= 11 is 0. The Morgan fingerprint density at radius 2 is 1.10 bits per heavy atom. The van der Waals surface area contributed by atoms with Crippen LogP contribution in [0.3, 0.4) is 0 Å². The molecular formula is C45H29N5. The van der Waals surface area contributed by atoms with E-state index < -0.39 is 0 Å². The van der Waals surface area contributed by atoms with Crippen molar-refractivity contribution in [2.24, 2.45) is 0 Å². The summed E-state index contributed by atoms with van der Waals surface area (Å²) in [5.74, 6) is 1.51. The smallest absolute Gasteiger partial charge is 0.162 e. The summed E-state index contributed by atoms with van der Waals surface area (Å²) in [5.41, 5.74) is 10.5. The maximum atomic E-state index is 5.28. The van der Waals surface area contributed by atoms with Crippen LogP contribution in [0.4, 0.5) is 0 Å². The van der Waals surface area contributed by atoms with Crippen LogP contribution in [0.15, 0.2) is 176 Å². The number of para-hydroxylation sites is 3. The van der Waals surface area contributed by atoms with Crippen LogP contribution in [0, 0.1) is 0 Å². The fourth-order valence-corrected chi connectivity index (χ4v) is 7.36. The number of fused-ring (bicyclic) bond motifs is 6. The molecule has 5 heteroatoms. The molecule has 0 amide bonds. The van der Waals surface area contributed by atoms with Crippen LogP contribution in [0.2, 0.25) is 0 Å². The fourth-order valence-electron chi connectivity index (χ4n) is 7.36. The third kappa shape index (κ3) is 4.45. The molecule has 4 aromatic heterocycles. The van der Waals surface area contributed by atoms with Crippen molar-refractivity contribution in [3.63, 3.8) is 0 Å². The van der Waals surface area contributed by atoms with Crippen LogP contribution < -0.4 is 0 Å². The van der Waals surface area contributed by atoms with Gasteiger partial charge in [0.15, 0.2) is 5.82 Å². The molecule has 0 radical (unpaired) electrons. The van der Waals surface area contributed by atoms with Gasteiger partial charge in [-0.1, -0.05) is 127 Å². The van der Waals surface area contributed by atoms with Gasteiger partial charge in [-0.2, -0.15) is 0 Å². The highest BCUT2D eigenvalue weighted by atomic mass is 15.1. The normalized spacial score (nSPS) is 11.6. The van der Waals surface area contributed by atoms with Crippen molar-refractivity contribution in [3.8, 4) is 45.3 Å². The van der Waals surface area contributed by atoms with E-state index in [0.29, 0.717) is 5.82 Å². The summed E-state index contributed by atoms with van der Waals surface area (Å²) in [4.78, 5) is 15.2. The molecule has 0 saturated carbocycles. The molecule has 0 N–H and O–H groups in total. The molecule has 0 aliphatic rings. The van der Waals surface area contributed by atoms with E-state index in [0.717, 1.165) is 67.0 Å². The summed E-state index contributed by atoms with van der Waals surface area (Å²) in [6.07, 6.45) is 1.87. The monoisotopic (exact) mass is 639 g/mol. The highest BCUT2D eigenvalue weighted by molar-refractivity contribution is 6.15. The van der Waals surface area contributed by atoms with E-state index in [-0.39, 0.29) is 0 Å². The van der Waals surface area contributed by atoms with Crippen LogP contribution in [0.5, 0.6) is 0 Å². The van der Waals surface area contributed by atoms with E-state index in [1.54, 1.807) is 0 Å². The minimum absolute atomic E-state index is 0.687. The zero-order valence-corrected chi connectivity index (χ0v) is 27.0. The largest absolute Gasteiger partial charge is 0.294 e. The lowest BCUT2D eigenvalue weighted by atomic mass is 10.0. The summed E-state index contributed by atoms with van der Waals surface area (Å²) in [6.45, 7) is 0. The quantitative estimate of drug-likeness (QED) is 0.188. The van der Waals surface area contributed by atoms with Gasteiger partial charge >= 0.3 is 0 Å². The van der Waals surface area contributed by atoms with Gasteiger partial charge in [-0.3, -0.25) is 9.13 Å². The van der Waals surface area contributed by atoms with Gasteiger partial charge in [0.1, 0.15) is 11.5 Å². The molecule has 0 fully saturated rings. The van der Waals surface area contributed by atoms with E-state index >= 15 is 0 Å². The van der Waals surface area contributed by atoms with Gasteiger partial charge < -0.3 is 0 Å². The predicted molar refractivity (Wildman–Crippen MR) is 205 cm³/mol. The van der Waals surface area contributed by atoms with Crippen molar-refractivity contribution in [2.75, 3.05) is 0 Å². The third-order valence-electron chi connectivity index (χ3n) is 9.59. The molecule has 50 heavy (non-hydrogen) atoms. The molecule has 10 rings (SSSR count). The van der Waals surface area contributed by atoms with Gasteiger partial charge in [-0.25, -0.2) is 15.0 Å². The van der Waals surface area contributed by atoms with Crippen molar-refractivity contribution in [2.45, 2.75) is 0 Å². The molecule has 5 nitrogen and oxygen atoms in total. The van der Waals surface area contributed by atoms with Crippen LogP contribution in [0.25, 0.3) is 89.0 Å². The van der Waals surface area contributed by atoms with Gasteiger partial charge in [0.25, 0.3) is 0 Å². The summed E-state index contributed by atoms with van der Waals surface area (Å²) in [7, 11) is 0. The van der Waals surface area contributed by atoms with Gasteiger partial charge in [-0.05, 0) is 42.0 Å². The second-order valence-corrected chi connectivity index (χ2v) is 12.5. The number of pyridine rings is 1.